The van der Waals surface area contributed by atoms with Crippen molar-refractivity contribution in [2.24, 2.45) is 10.3 Å². The Balaban J connectivity index is 2.39. The number of carbonyl (C=O) groups is 1. The molecule has 0 saturated carbocycles. The molecular weight excluding hydrogens is 437 g/mol. The molecule has 0 aromatic heterocycles. The molecule has 0 fully saturated rings. The normalized spacial score (nSPS) is 12.7. The summed E-state index contributed by atoms with van der Waals surface area (Å²) in [4.78, 5) is 22.0. The maximum Gasteiger partial charge on any atom is 0.416 e. The van der Waals surface area contributed by atoms with Crippen molar-refractivity contribution < 1.29 is 36.4 Å². The highest BCUT2D eigenvalue weighted by atomic mass is 19.4. The Hall–Kier alpha value is -3.50. The zero-order valence-electron chi connectivity index (χ0n) is 17.3. The number of nitrogens with zero attached hydrogens (tertiary/aromatic N) is 2. The van der Waals surface area contributed by atoms with Crippen molar-refractivity contribution in [1.29, 1.82) is 0 Å². The third-order valence-electron chi connectivity index (χ3n) is 4.35. The first-order chi connectivity index (χ1) is 15.1. The second kappa shape index (κ2) is 10.7. The van der Waals surface area contributed by atoms with Gasteiger partial charge in [0.05, 0.1) is 5.56 Å². The van der Waals surface area contributed by atoms with Gasteiger partial charge in [0.25, 0.3) is 12.3 Å². The monoisotopic (exact) mass is 457 g/mol. The Morgan fingerprint density at radius 1 is 1.12 bits per heavy atom. The lowest BCUT2D eigenvalue weighted by molar-refractivity contribution is -0.137. The second-order valence-corrected chi connectivity index (χ2v) is 6.43. The van der Waals surface area contributed by atoms with Gasteiger partial charge in [-0.2, -0.15) is 13.2 Å². The Labute approximate surface area is 180 Å². The summed E-state index contributed by atoms with van der Waals surface area (Å²) < 4.78 is 65.7. The molecule has 0 aliphatic rings. The van der Waals surface area contributed by atoms with E-state index in [1.165, 1.54) is 14.2 Å². The van der Waals surface area contributed by atoms with Crippen LogP contribution < -0.4 is 5.32 Å². The largest absolute Gasteiger partial charge is 0.416 e. The van der Waals surface area contributed by atoms with E-state index >= 15 is 0 Å². The van der Waals surface area contributed by atoms with Gasteiger partial charge in [0.2, 0.25) is 0 Å². The van der Waals surface area contributed by atoms with Crippen LogP contribution in [0.5, 0.6) is 0 Å². The molecule has 0 aliphatic heterocycles. The number of likely N-dealkylation sites (N-methyl/N-ethyl adjacent to an activating group) is 1. The second-order valence-electron chi connectivity index (χ2n) is 6.43. The van der Waals surface area contributed by atoms with Crippen molar-refractivity contribution in [3.8, 4) is 0 Å². The number of carbonyl (C=O) groups excluding carboxylic acids is 1. The molecule has 32 heavy (non-hydrogen) atoms. The summed E-state index contributed by atoms with van der Waals surface area (Å²) in [6.07, 6.45) is -7.89. The Morgan fingerprint density at radius 2 is 1.81 bits per heavy atom. The first-order valence-electron chi connectivity index (χ1n) is 9.17. The van der Waals surface area contributed by atoms with Gasteiger partial charge in [0, 0.05) is 23.7 Å². The SMILES string of the molecule is CNC(=O)/C(=N/OC)c1cccc(C)c1CO/N=C(/c1cccc(C(F)(F)F)c1)C(F)F. The minimum atomic E-state index is -4.70. The van der Waals surface area contributed by atoms with E-state index in [1.807, 2.05) is 0 Å². The minimum absolute atomic E-state index is 0.0757. The van der Waals surface area contributed by atoms with Crippen LogP contribution in [0, 0.1) is 6.92 Å². The van der Waals surface area contributed by atoms with Gasteiger partial charge in [-0.1, -0.05) is 40.6 Å². The maximum absolute atomic E-state index is 13.5. The lowest BCUT2D eigenvalue weighted by Gasteiger charge is -2.14. The molecule has 6 nitrogen and oxygen atoms in total. The number of alkyl halides is 5. The summed E-state index contributed by atoms with van der Waals surface area (Å²) in [6.45, 7) is 1.35. The molecule has 0 unspecified atom stereocenters. The molecule has 11 heteroatoms. The summed E-state index contributed by atoms with van der Waals surface area (Å²) in [5, 5.41) is 9.51. The number of hydrogen-bond acceptors (Lipinski definition) is 5. The molecule has 1 amide bonds. The van der Waals surface area contributed by atoms with Crippen molar-refractivity contribution in [3.63, 3.8) is 0 Å². The highest BCUT2D eigenvalue weighted by Gasteiger charge is 2.31. The number of hydrogen-bond donors (Lipinski definition) is 1. The lowest BCUT2D eigenvalue weighted by atomic mass is 9.98. The van der Waals surface area contributed by atoms with Gasteiger partial charge in [-0.25, -0.2) is 8.78 Å². The van der Waals surface area contributed by atoms with E-state index in [9.17, 15) is 26.7 Å². The van der Waals surface area contributed by atoms with Crippen molar-refractivity contribution in [1.82, 2.24) is 5.32 Å². The molecule has 0 bridgehead atoms. The van der Waals surface area contributed by atoms with Gasteiger partial charge < -0.3 is 15.0 Å². The van der Waals surface area contributed by atoms with Crippen molar-refractivity contribution in [2.45, 2.75) is 26.1 Å². The summed E-state index contributed by atoms with van der Waals surface area (Å²) in [5.74, 6) is -0.556. The highest BCUT2D eigenvalue weighted by Crippen LogP contribution is 2.30. The van der Waals surface area contributed by atoms with E-state index in [1.54, 1.807) is 25.1 Å². The molecule has 0 heterocycles. The summed E-state index contributed by atoms with van der Waals surface area (Å²) in [5.41, 5.74) is -1.17. The molecule has 0 spiro atoms. The average Bonchev–Trinajstić information content (AvgIpc) is 2.74. The van der Waals surface area contributed by atoms with Crippen LogP contribution >= 0.6 is 0 Å². The van der Waals surface area contributed by atoms with Crippen LogP contribution in [0.25, 0.3) is 0 Å². The van der Waals surface area contributed by atoms with E-state index in [2.05, 4.69) is 15.6 Å². The number of amides is 1. The van der Waals surface area contributed by atoms with Crippen LogP contribution in [-0.4, -0.2) is 37.9 Å². The van der Waals surface area contributed by atoms with E-state index in [4.69, 9.17) is 9.68 Å². The molecule has 2 rings (SSSR count). The molecule has 0 saturated heterocycles. The third-order valence-corrected chi connectivity index (χ3v) is 4.35. The molecule has 2 aromatic rings. The standard InChI is InChI=1S/C21H20F5N3O3/c1-12-6-4-9-15(18(28-31-3)20(30)27-2)16(12)11-32-29-17(19(22)23)13-7-5-8-14(10-13)21(24,25)26/h4-10,19H,11H2,1-3H3,(H,27,30)/b28-18+,29-17-. The van der Waals surface area contributed by atoms with Crippen LogP contribution in [0.1, 0.15) is 27.8 Å². The molecule has 1 N–H and O–H groups in total. The Morgan fingerprint density at radius 3 is 2.41 bits per heavy atom. The maximum atomic E-state index is 13.5. The van der Waals surface area contributed by atoms with Crippen LogP contribution in [0.2, 0.25) is 0 Å². The number of halogens is 5. The summed E-state index contributed by atoms with van der Waals surface area (Å²) in [7, 11) is 2.65. The quantitative estimate of drug-likeness (QED) is 0.365. The van der Waals surface area contributed by atoms with Crippen molar-refractivity contribution >= 4 is 17.3 Å². The van der Waals surface area contributed by atoms with Gasteiger partial charge in [0.1, 0.15) is 13.7 Å². The van der Waals surface area contributed by atoms with Crippen LogP contribution in [0.15, 0.2) is 52.8 Å². The zero-order chi connectivity index (χ0) is 23.9. The summed E-state index contributed by atoms with van der Waals surface area (Å²) >= 11 is 0. The first-order valence-corrected chi connectivity index (χ1v) is 9.17. The van der Waals surface area contributed by atoms with Gasteiger partial charge >= 0.3 is 6.18 Å². The van der Waals surface area contributed by atoms with E-state index < -0.39 is 35.3 Å². The van der Waals surface area contributed by atoms with Gasteiger partial charge in [-0.3, -0.25) is 4.79 Å². The third kappa shape index (κ3) is 6.02. The van der Waals surface area contributed by atoms with Gasteiger partial charge in [-0.05, 0) is 24.6 Å². The van der Waals surface area contributed by atoms with Gasteiger partial charge in [0.15, 0.2) is 11.4 Å². The molecule has 0 radical (unpaired) electrons. The zero-order valence-corrected chi connectivity index (χ0v) is 17.3. The number of oxime groups is 2. The molecular formula is C21H20F5N3O3. The van der Waals surface area contributed by atoms with Crippen molar-refractivity contribution in [2.75, 3.05) is 14.2 Å². The van der Waals surface area contributed by atoms with E-state index in [0.29, 0.717) is 22.8 Å². The lowest BCUT2D eigenvalue weighted by Crippen LogP contribution is -2.29. The summed E-state index contributed by atoms with van der Waals surface area (Å²) in [6, 6.07) is 8.33. The fourth-order valence-corrected chi connectivity index (χ4v) is 2.78. The van der Waals surface area contributed by atoms with E-state index in [-0.39, 0.29) is 12.3 Å². The minimum Gasteiger partial charge on any atom is -0.398 e. The van der Waals surface area contributed by atoms with Crippen molar-refractivity contribution in [3.05, 3.63) is 70.3 Å². The number of aryl methyl sites for hydroxylation is 1. The fourth-order valence-electron chi connectivity index (χ4n) is 2.78. The Kier molecular flexibility index (Phi) is 8.27. The van der Waals surface area contributed by atoms with Crippen LogP contribution in [0.3, 0.4) is 0 Å². The number of rotatable bonds is 8. The molecule has 0 aliphatic carbocycles. The fraction of sp³-hybridized carbons (Fsp3) is 0.286. The topological polar surface area (TPSA) is 72.3 Å². The van der Waals surface area contributed by atoms with E-state index in [0.717, 1.165) is 18.2 Å². The molecule has 172 valence electrons. The van der Waals surface area contributed by atoms with Crippen LogP contribution in [0.4, 0.5) is 22.0 Å². The Bertz CT molecular complexity index is 1020. The van der Waals surface area contributed by atoms with Gasteiger partial charge in [-0.15, -0.1) is 0 Å². The molecule has 2 aromatic carbocycles. The number of nitrogens with one attached hydrogen (secondary N) is 1. The number of benzene rings is 2. The predicted molar refractivity (Wildman–Crippen MR) is 108 cm³/mol. The first kappa shape index (κ1) is 24.8. The average molecular weight is 457 g/mol. The highest BCUT2D eigenvalue weighted by molar-refractivity contribution is 6.45. The predicted octanol–water partition coefficient (Wildman–Crippen LogP) is 4.30. The smallest absolute Gasteiger partial charge is 0.398 e. The molecule has 0 atom stereocenters. The van der Waals surface area contributed by atoms with Crippen LogP contribution in [-0.2, 0) is 27.3 Å².